The van der Waals surface area contributed by atoms with Gasteiger partial charge in [-0.15, -0.1) is 0 Å². The number of nitrogens with two attached hydrogens (primary N) is 1. The highest BCUT2D eigenvalue weighted by molar-refractivity contribution is 5.98. The van der Waals surface area contributed by atoms with E-state index in [1.165, 1.54) is 0 Å². The highest BCUT2D eigenvalue weighted by Gasteiger charge is 2.17. The number of aliphatic hydroxyl groups excluding tert-OH is 1. The number of rotatable bonds is 5. The second-order valence-corrected chi connectivity index (χ2v) is 5.59. The fraction of sp³-hybridized carbons (Fsp3) is 0.400. The molecule has 0 unspecified atom stereocenters. The summed E-state index contributed by atoms with van der Waals surface area (Å²) in [5.41, 5.74) is 8.61. The maximum Gasteiger partial charge on any atom is 0.0953 e. The average Bonchev–Trinajstić information content (AvgIpc) is 2.38. The molecule has 1 aromatic heterocycles. The maximum absolute atomic E-state index is 9.05. The molecule has 0 atom stereocenters. The van der Waals surface area contributed by atoms with Gasteiger partial charge in [0.25, 0.3) is 0 Å². The number of nitrogen functional groups attached to an aromatic ring is 1. The van der Waals surface area contributed by atoms with Crippen LogP contribution in [-0.4, -0.2) is 23.2 Å². The van der Waals surface area contributed by atoms with Crippen LogP contribution >= 0.6 is 0 Å². The maximum atomic E-state index is 9.05. The second kappa shape index (κ2) is 5.45. The first-order valence-electron chi connectivity index (χ1n) is 6.51. The summed E-state index contributed by atoms with van der Waals surface area (Å²) < 4.78 is 0. The molecule has 19 heavy (non-hydrogen) atoms. The quantitative estimate of drug-likeness (QED) is 0.722. The van der Waals surface area contributed by atoms with E-state index in [0.717, 1.165) is 35.2 Å². The van der Waals surface area contributed by atoms with Gasteiger partial charge in [-0.25, -0.2) is 0 Å². The minimum atomic E-state index is 0.0389. The standard InChI is InChI=1S/C15H21N3O/c1-15(2,7-9-19)10-18-13-6-5-12(16)11-4-3-8-17-14(11)13/h3-6,8,18-19H,7,9-10,16H2,1-2H3. The van der Waals surface area contributed by atoms with Crippen molar-refractivity contribution in [1.82, 2.24) is 4.98 Å². The first kappa shape index (κ1) is 13.6. The lowest BCUT2D eigenvalue weighted by Gasteiger charge is -2.24. The van der Waals surface area contributed by atoms with E-state index in [9.17, 15) is 0 Å². The van der Waals surface area contributed by atoms with Gasteiger partial charge in [0.1, 0.15) is 0 Å². The second-order valence-electron chi connectivity index (χ2n) is 5.59. The third-order valence-electron chi connectivity index (χ3n) is 3.35. The molecular weight excluding hydrogens is 238 g/mol. The Morgan fingerprint density at radius 2 is 2.11 bits per heavy atom. The zero-order valence-corrected chi connectivity index (χ0v) is 11.5. The Labute approximate surface area is 113 Å². The van der Waals surface area contributed by atoms with Gasteiger partial charge in [-0.2, -0.15) is 0 Å². The number of fused-ring (bicyclic) bond motifs is 1. The number of hydrogen-bond acceptors (Lipinski definition) is 4. The van der Waals surface area contributed by atoms with Gasteiger partial charge in [0, 0.05) is 30.4 Å². The summed E-state index contributed by atoms with van der Waals surface area (Å²) in [6.07, 6.45) is 2.53. The number of nitrogens with one attached hydrogen (secondary N) is 1. The van der Waals surface area contributed by atoms with Crippen molar-refractivity contribution in [2.45, 2.75) is 20.3 Å². The average molecular weight is 259 g/mol. The Hall–Kier alpha value is -1.81. The minimum absolute atomic E-state index is 0.0389. The topological polar surface area (TPSA) is 71.2 Å². The lowest BCUT2D eigenvalue weighted by Crippen LogP contribution is -2.24. The molecule has 0 amide bonds. The van der Waals surface area contributed by atoms with Gasteiger partial charge in [0.05, 0.1) is 11.2 Å². The largest absolute Gasteiger partial charge is 0.398 e. The number of anilines is 2. The number of nitrogens with zero attached hydrogens (tertiary/aromatic N) is 1. The number of benzene rings is 1. The number of hydrogen-bond donors (Lipinski definition) is 3. The van der Waals surface area contributed by atoms with Crippen LogP contribution in [0.3, 0.4) is 0 Å². The van der Waals surface area contributed by atoms with Crippen molar-refractivity contribution >= 4 is 22.3 Å². The van der Waals surface area contributed by atoms with Crippen molar-refractivity contribution in [2.24, 2.45) is 5.41 Å². The molecule has 1 heterocycles. The van der Waals surface area contributed by atoms with Crippen LogP contribution in [0.4, 0.5) is 11.4 Å². The highest BCUT2D eigenvalue weighted by atomic mass is 16.3. The normalized spacial score (nSPS) is 11.7. The minimum Gasteiger partial charge on any atom is -0.398 e. The van der Waals surface area contributed by atoms with E-state index in [1.807, 2.05) is 24.3 Å². The molecule has 0 bridgehead atoms. The van der Waals surface area contributed by atoms with Crippen molar-refractivity contribution in [3.63, 3.8) is 0 Å². The van der Waals surface area contributed by atoms with Crippen LogP contribution in [0.15, 0.2) is 30.5 Å². The Kier molecular flexibility index (Phi) is 3.90. The summed E-state index contributed by atoms with van der Waals surface area (Å²) in [7, 11) is 0. The molecule has 1 aromatic carbocycles. The molecule has 4 N–H and O–H groups in total. The van der Waals surface area contributed by atoms with Crippen LogP contribution in [0.2, 0.25) is 0 Å². The Morgan fingerprint density at radius 3 is 2.84 bits per heavy atom. The summed E-state index contributed by atoms with van der Waals surface area (Å²) in [5.74, 6) is 0. The van der Waals surface area contributed by atoms with Crippen LogP contribution in [0.5, 0.6) is 0 Å². The Balaban J connectivity index is 2.24. The van der Waals surface area contributed by atoms with Crippen LogP contribution in [0, 0.1) is 5.41 Å². The van der Waals surface area contributed by atoms with E-state index in [-0.39, 0.29) is 12.0 Å². The van der Waals surface area contributed by atoms with Gasteiger partial charge in [0.2, 0.25) is 0 Å². The fourth-order valence-electron chi connectivity index (χ4n) is 2.06. The van der Waals surface area contributed by atoms with E-state index in [0.29, 0.717) is 0 Å². The van der Waals surface area contributed by atoms with Crippen molar-refractivity contribution in [2.75, 3.05) is 24.2 Å². The molecule has 2 aromatic rings. The van der Waals surface area contributed by atoms with Gasteiger partial charge in [-0.3, -0.25) is 4.98 Å². The van der Waals surface area contributed by atoms with Gasteiger partial charge in [0.15, 0.2) is 0 Å². The van der Waals surface area contributed by atoms with E-state index in [4.69, 9.17) is 10.8 Å². The highest BCUT2D eigenvalue weighted by Crippen LogP contribution is 2.28. The lowest BCUT2D eigenvalue weighted by molar-refractivity contribution is 0.220. The monoisotopic (exact) mass is 259 g/mol. The molecule has 0 aliphatic rings. The van der Waals surface area contributed by atoms with E-state index >= 15 is 0 Å². The van der Waals surface area contributed by atoms with Crippen molar-refractivity contribution in [3.05, 3.63) is 30.5 Å². The summed E-state index contributed by atoms with van der Waals surface area (Å²) in [6, 6.07) is 7.71. The molecule has 0 fully saturated rings. The molecule has 0 spiro atoms. The zero-order valence-electron chi connectivity index (χ0n) is 11.5. The smallest absolute Gasteiger partial charge is 0.0953 e. The van der Waals surface area contributed by atoms with Gasteiger partial charge >= 0.3 is 0 Å². The molecule has 102 valence electrons. The van der Waals surface area contributed by atoms with Crippen molar-refractivity contribution in [1.29, 1.82) is 0 Å². The van der Waals surface area contributed by atoms with E-state index in [2.05, 4.69) is 24.1 Å². The summed E-state index contributed by atoms with van der Waals surface area (Å²) >= 11 is 0. The van der Waals surface area contributed by atoms with Crippen LogP contribution in [0.1, 0.15) is 20.3 Å². The fourth-order valence-corrected chi connectivity index (χ4v) is 2.06. The molecular formula is C15H21N3O. The predicted molar refractivity (Wildman–Crippen MR) is 80.1 cm³/mol. The molecule has 0 radical (unpaired) electrons. The molecule has 0 aliphatic heterocycles. The number of pyridine rings is 1. The summed E-state index contributed by atoms with van der Waals surface area (Å²) in [6.45, 7) is 5.24. The number of aromatic nitrogens is 1. The molecule has 0 aliphatic carbocycles. The lowest BCUT2D eigenvalue weighted by atomic mass is 9.89. The first-order chi connectivity index (χ1) is 9.03. The van der Waals surface area contributed by atoms with Gasteiger partial charge < -0.3 is 16.2 Å². The molecule has 0 saturated heterocycles. The van der Waals surface area contributed by atoms with Gasteiger partial charge in [-0.1, -0.05) is 13.8 Å². The Morgan fingerprint density at radius 1 is 1.32 bits per heavy atom. The molecule has 2 rings (SSSR count). The Bertz CT molecular complexity index is 566. The third kappa shape index (κ3) is 3.15. The van der Waals surface area contributed by atoms with Crippen LogP contribution < -0.4 is 11.1 Å². The zero-order chi connectivity index (χ0) is 13.9. The molecule has 4 nitrogen and oxygen atoms in total. The first-order valence-corrected chi connectivity index (χ1v) is 6.51. The van der Waals surface area contributed by atoms with Crippen LogP contribution in [0.25, 0.3) is 10.9 Å². The van der Waals surface area contributed by atoms with Crippen molar-refractivity contribution in [3.8, 4) is 0 Å². The summed E-state index contributed by atoms with van der Waals surface area (Å²) in [4.78, 5) is 4.40. The van der Waals surface area contributed by atoms with Gasteiger partial charge in [-0.05, 0) is 36.1 Å². The predicted octanol–water partition coefficient (Wildman–Crippen LogP) is 2.64. The number of aliphatic hydroxyl groups is 1. The molecule has 4 heteroatoms. The van der Waals surface area contributed by atoms with Crippen molar-refractivity contribution < 1.29 is 5.11 Å². The summed E-state index contributed by atoms with van der Waals surface area (Å²) in [5, 5.41) is 13.4. The van der Waals surface area contributed by atoms with E-state index < -0.39 is 0 Å². The molecule has 0 saturated carbocycles. The SMILES string of the molecule is CC(C)(CCO)CNc1ccc(N)c2cccnc12. The third-order valence-corrected chi connectivity index (χ3v) is 3.35. The van der Waals surface area contributed by atoms with Crippen LogP contribution in [-0.2, 0) is 0 Å². The van der Waals surface area contributed by atoms with E-state index in [1.54, 1.807) is 6.20 Å².